The minimum atomic E-state index is -0.558. The molecule has 1 aliphatic rings. The highest BCUT2D eigenvalue weighted by Gasteiger charge is 2.37. The van der Waals surface area contributed by atoms with Gasteiger partial charge in [0.2, 0.25) is 5.91 Å². The fourth-order valence-electron chi connectivity index (χ4n) is 2.14. The normalized spacial score (nSPS) is 19.7. The van der Waals surface area contributed by atoms with Crippen molar-refractivity contribution in [2.24, 2.45) is 0 Å². The molecule has 0 spiro atoms. The second-order valence-corrected chi connectivity index (χ2v) is 5.93. The number of amides is 1. The number of piperazine rings is 1. The number of benzene rings is 1. The lowest BCUT2D eigenvalue weighted by Crippen LogP contribution is -2.61. The van der Waals surface area contributed by atoms with Crippen molar-refractivity contribution in [2.45, 2.75) is 25.9 Å². The summed E-state index contributed by atoms with van der Waals surface area (Å²) in [6.45, 7) is 5.74. The van der Waals surface area contributed by atoms with Gasteiger partial charge in [0.15, 0.2) is 0 Å². The molecule has 1 aromatic rings. The number of rotatable bonds is 2. The lowest BCUT2D eigenvalue weighted by molar-refractivity contribution is -0.135. The van der Waals surface area contributed by atoms with E-state index in [9.17, 15) is 9.18 Å². The van der Waals surface area contributed by atoms with Crippen LogP contribution in [0.25, 0.3) is 0 Å². The van der Waals surface area contributed by atoms with Gasteiger partial charge in [-0.1, -0.05) is 15.9 Å². The van der Waals surface area contributed by atoms with E-state index in [2.05, 4.69) is 26.1 Å². The number of halogens is 2. The molecule has 0 bridgehead atoms. The first kappa shape index (κ1) is 13.5. The smallest absolute Gasteiger partial charge is 0.240 e. The highest BCUT2D eigenvalue weighted by molar-refractivity contribution is 9.10. The maximum atomic E-state index is 13.3. The van der Waals surface area contributed by atoms with Crippen molar-refractivity contribution in [1.29, 1.82) is 0 Å². The van der Waals surface area contributed by atoms with Crippen LogP contribution in [0.1, 0.15) is 19.4 Å². The molecule has 0 aromatic heterocycles. The summed E-state index contributed by atoms with van der Waals surface area (Å²) in [6, 6.07) is 4.82. The summed E-state index contributed by atoms with van der Waals surface area (Å²) >= 11 is 3.28. The maximum absolute atomic E-state index is 13.3. The molecule has 5 heteroatoms. The Labute approximate surface area is 114 Å². The quantitative estimate of drug-likeness (QED) is 0.908. The van der Waals surface area contributed by atoms with Crippen molar-refractivity contribution >= 4 is 21.8 Å². The van der Waals surface area contributed by atoms with E-state index in [1.807, 2.05) is 19.9 Å². The second-order valence-electron chi connectivity index (χ2n) is 5.01. The Balaban J connectivity index is 2.20. The molecule has 1 heterocycles. The van der Waals surface area contributed by atoms with Crippen LogP contribution in [0.5, 0.6) is 0 Å². The van der Waals surface area contributed by atoms with Gasteiger partial charge in [-0.15, -0.1) is 0 Å². The largest absolute Gasteiger partial charge is 0.353 e. The molecule has 0 radical (unpaired) electrons. The Bertz CT molecular complexity index is 456. The van der Waals surface area contributed by atoms with Crippen molar-refractivity contribution < 1.29 is 9.18 Å². The summed E-state index contributed by atoms with van der Waals surface area (Å²) in [4.78, 5) is 13.9. The molecule has 0 aliphatic carbocycles. The van der Waals surface area contributed by atoms with Crippen molar-refractivity contribution in [2.75, 3.05) is 13.1 Å². The van der Waals surface area contributed by atoms with Crippen LogP contribution < -0.4 is 5.32 Å². The van der Waals surface area contributed by atoms with Crippen LogP contribution >= 0.6 is 15.9 Å². The van der Waals surface area contributed by atoms with E-state index in [4.69, 9.17) is 0 Å². The second kappa shape index (κ2) is 4.97. The summed E-state index contributed by atoms with van der Waals surface area (Å²) in [6.07, 6.45) is 0. The molecule has 1 fully saturated rings. The van der Waals surface area contributed by atoms with Gasteiger partial charge in [0.05, 0.1) is 5.54 Å². The zero-order valence-electron chi connectivity index (χ0n) is 10.5. The molecule has 1 aliphatic heterocycles. The van der Waals surface area contributed by atoms with Gasteiger partial charge in [0, 0.05) is 24.1 Å². The highest BCUT2D eigenvalue weighted by Crippen LogP contribution is 2.22. The lowest BCUT2D eigenvalue weighted by atomic mass is 9.98. The third-order valence-corrected chi connectivity index (χ3v) is 3.77. The van der Waals surface area contributed by atoms with Gasteiger partial charge in [-0.3, -0.25) is 9.69 Å². The van der Waals surface area contributed by atoms with Crippen LogP contribution in [0.15, 0.2) is 22.7 Å². The molecule has 0 unspecified atom stereocenters. The molecule has 1 aromatic carbocycles. The Morgan fingerprint density at radius 3 is 2.83 bits per heavy atom. The monoisotopic (exact) mass is 314 g/mol. The van der Waals surface area contributed by atoms with Gasteiger partial charge in [-0.25, -0.2) is 4.39 Å². The fourth-order valence-corrected chi connectivity index (χ4v) is 2.66. The van der Waals surface area contributed by atoms with Crippen LogP contribution in [0, 0.1) is 5.82 Å². The number of carbonyl (C=O) groups is 1. The van der Waals surface area contributed by atoms with Crippen molar-refractivity contribution in [3.05, 3.63) is 34.1 Å². The van der Waals surface area contributed by atoms with Crippen LogP contribution in [0.2, 0.25) is 0 Å². The number of hydrogen-bond donors (Lipinski definition) is 1. The summed E-state index contributed by atoms with van der Waals surface area (Å²) in [5, 5.41) is 2.85. The maximum Gasteiger partial charge on any atom is 0.240 e. The molecule has 3 nitrogen and oxygen atoms in total. The van der Waals surface area contributed by atoms with E-state index in [1.54, 1.807) is 0 Å². The van der Waals surface area contributed by atoms with Gasteiger partial charge in [-0.2, -0.15) is 0 Å². The number of nitrogens with one attached hydrogen (secondary N) is 1. The molecule has 1 amide bonds. The van der Waals surface area contributed by atoms with Gasteiger partial charge in [0.1, 0.15) is 5.82 Å². The zero-order chi connectivity index (χ0) is 13.3. The Kier molecular flexibility index (Phi) is 3.73. The number of carbonyl (C=O) groups excluding carboxylic acids is 1. The molecule has 98 valence electrons. The highest BCUT2D eigenvalue weighted by atomic mass is 79.9. The molecular weight excluding hydrogens is 299 g/mol. The Morgan fingerprint density at radius 1 is 1.44 bits per heavy atom. The average Bonchev–Trinajstić information content (AvgIpc) is 2.24. The Hall–Kier alpha value is -0.940. The third-order valence-electron chi connectivity index (χ3n) is 3.31. The lowest BCUT2D eigenvalue weighted by Gasteiger charge is -2.41. The van der Waals surface area contributed by atoms with Gasteiger partial charge in [0.25, 0.3) is 0 Å². The first-order valence-electron chi connectivity index (χ1n) is 5.88. The average molecular weight is 315 g/mol. The van der Waals surface area contributed by atoms with Gasteiger partial charge >= 0.3 is 0 Å². The number of nitrogens with zero attached hydrogens (tertiary/aromatic N) is 1. The summed E-state index contributed by atoms with van der Waals surface area (Å²) in [7, 11) is 0. The van der Waals surface area contributed by atoms with Crippen LogP contribution in [0.4, 0.5) is 4.39 Å². The van der Waals surface area contributed by atoms with E-state index in [-0.39, 0.29) is 11.7 Å². The first-order valence-corrected chi connectivity index (χ1v) is 6.67. The molecule has 1 N–H and O–H groups in total. The summed E-state index contributed by atoms with van der Waals surface area (Å²) in [5.74, 6) is -0.247. The predicted octanol–water partition coefficient (Wildman–Crippen LogP) is 2.30. The molecule has 18 heavy (non-hydrogen) atoms. The Morgan fingerprint density at radius 2 is 2.17 bits per heavy atom. The van der Waals surface area contributed by atoms with E-state index < -0.39 is 5.54 Å². The zero-order valence-corrected chi connectivity index (χ0v) is 12.1. The van der Waals surface area contributed by atoms with E-state index in [0.29, 0.717) is 13.1 Å². The summed E-state index contributed by atoms with van der Waals surface area (Å²) < 4.78 is 14.0. The topological polar surface area (TPSA) is 32.3 Å². The summed E-state index contributed by atoms with van der Waals surface area (Å²) in [5.41, 5.74) is 0.307. The van der Waals surface area contributed by atoms with Crippen molar-refractivity contribution in [1.82, 2.24) is 10.2 Å². The molecular formula is C13H16BrFN2O. The SMILES string of the molecule is CC1(C)C(=O)NCCN1Cc1cc(F)cc(Br)c1. The number of hydrogen-bond acceptors (Lipinski definition) is 2. The van der Waals surface area contributed by atoms with E-state index >= 15 is 0 Å². The third kappa shape index (κ3) is 2.72. The van der Waals surface area contributed by atoms with E-state index in [1.165, 1.54) is 12.1 Å². The molecule has 0 atom stereocenters. The van der Waals surface area contributed by atoms with Crippen molar-refractivity contribution in [3.63, 3.8) is 0 Å². The fraction of sp³-hybridized carbons (Fsp3) is 0.462. The van der Waals surface area contributed by atoms with E-state index in [0.717, 1.165) is 16.6 Å². The van der Waals surface area contributed by atoms with Crippen LogP contribution in [-0.2, 0) is 11.3 Å². The standard InChI is InChI=1S/C13H16BrFN2O/c1-13(2)12(18)16-3-4-17(13)8-9-5-10(14)7-11(15)6-9/h5-7H,3-4,8H2,1-2H3,(H,16,18). The first-order chi connectivity index (χ1) is 8.39. The van der Waals surface area contributed by atoms with Gasteiger partial charge in [-0.05, 0) is 37.6 Å². The van der Waals surface area contributed by atoms with Gasteiger partial charge < -0.3 is 5.32 Å². The minimum Gasteiger partial charge on any atom is -0.353 e. The predicted molar refractivity (Wildman–Crippen MR) is 71.6 cm³/mol. The van der Waals surface area contributed by atoms with Crippen LogP contribution in [-0.4, -0.2) is 29.4 Å². The molecule has 2 rings (SSSR count). The molecule has 0 saturated carbocycles. The molecule has 1 saturated heterocycles. The van der Waals surface area contributed by atoms with Crippen LogP contribution in [0.3, 0.4) is 0 Å². The minimum absolute atomic E-state index is 0.0178. The van der Waals surface area contributed by atoms with Crippen molar-refractivity contribution in [3.8, 4) is 0 Å².